The van der Waals surface area contributed by atoms with Gasteiger partial charge in [0.1, 0.15) is 18.7 Å². The van der Waals surface area contributed by atoms with Crippen LogP contribution >= 0.6 is 0 Å². The Hall–Kier alpha value is -3.44. The molecule has 0 aliphatic heterocycles. The lowest BCUT2D eigenvalue weighted by Gasteiger charge is -2.24. The predicted octanol–water partition coefficient (Wildman–Crippen LogP) is 5.11. The zero-order chi connectivity index (χ0) is 25.0. The van der Waals surface area contributed by atoms with Crippen molar-refractivity contribution in [3.8, 4) is 0 Å². The quantitative estimate of drug-likeness (QED) is 0.371. The molecule has 3 rings (SSSR count). The van der Waals surface area contributed by atoms with E-state index in [1.54, 1.807) is 0 Å². The minimum Gasteiger partial charge on any atom is -0.468 e. The van der Waals surface area contributed by atoms with E-state index in [9.17, 15) is 9.59 Å². The second kappa shape index (κ2) is 13.4. The molecule has 1 N–H and O–H groups in total. The van der Waals surface area contributed by atoms with Gasteiger partial charge in [0.2, 0.25) is 0 Å². The number of carbonyl (C=O) groups excluding carboxylic acids is 2. The van der Waals surface area contributed by atoms with Crippen LogP contribution in [-0.2, 0) is 38.5 Å². The molecule has 0 spiro atoms. The number of esters is 2. The second-order valence-electron chi connectivity index (χ2n) is 9.20. The van der Waals surface area contributed by atoms with Gasteiger partial charge < -0.3 is 9.47 Å². The molecule has 3 aromatic rings. The number of hydrogen-bond acceptors (Lipinski definition) is 5. The van der Waals surface area contributed by atoms with E-state index < -0.39 is 18.1 Å². The molecular formula is C30H35NO4. The summed E-state index contributed by atoms with van der Waals surface area (Å²) < 4.78 is 10.7. The van der Waals surface area contributed by atoms with Crippen LogP contribution in [0.15, 0.2) is 84.9 Å². The van der Waals surface area contributed by atoms with Gasteiger partial charge in [-0.3, -0.25) is 14.9 Å². The van der Waals surface area contributed by atoms with E-state index in [1.807, 2.05) is 74.5 Å². The minimum absolute atomic E-state index is 0.195. The van der Waals surface area contributed by atoms with Crippen LogP contribution in [0.5, 0.6) is 0 Å². The summed E-state index contributed by atoms with van der Waals surface area (Å²) in [5, 5.41) is 3.24. The lowest BCUT2D eigenvalue weighted by molar-refractivity contribution is -0.149. The highest BCUT2D eigenvalue weighted by molar-refractivity contribution is 5.80. The van der Waals surface area contributed by atoms with Crippen molar-refractivity contribution < 1.29 is 19.1 Å². The van der Waals surface area contributed by atoms with E-state index in [2.05, 4.69) is 29.6 Å². The standard InChI is InChI=1S/C30H35NO4/c1-22(2)17-27(30(33)35-21-24-13-8-5-9-14-24)31-28(29(32)34-3)20-26-16-10-15-25(19-26)18-23-11-6-4-7-12-23/h4-16,19,22,27-28,31H,17-18,20-21H2,1-3H3. The molecule has 0 aromatic heterocycles. The summed E-state index contributed by atoms with van der Waals surface area (Å²) in [6.45, 7) is 4.28. The molecule has 0 aliphatic carbocycles. The van der Waals surface area contributed by atoms with E-state index in [1.165, 1.54) is 18.2 Å². The van der Waals surface area contributed by atoms with Crippen molar-refractivity contribution in [1.82, 2.24) is 5.32 Å². The van der Waals surface area contributed by atoms with Gasteiger partial charge in [0.05, 0.1) is 7.11 Å². The third kappa shape index (κ3) is 8.69. The lowest BCUT2D eigenvalue weighted by atomic mass is 9.98. The van der Waals surface area contributed by atoms with Gasteiger partial charge in [-0.25, -0.2) is 0 Å². The topological polar surface area (TPSA) is 64.6 Å². The Morgan fingerprint density at radius 3 is 1.97 bits per heavy atom. The average Bonchev–Trinajstić information content (AvgIpc) is 2.87. The maximum absolute atomic E-state index is 13.0. The fourth-order valence-electron chi connectivity index (χ4n) is 4.06. The Labute approximate surface area is 208 Å². The smallest absolute Gasteiger partial charge is 0.323 e. The number of hydrogen-bond donors (Lipinski definition) is 1. The largest absolute Gasteiger partial charge is 0.468 e. The maximum Gasteiger partial charge on any atom is 0.323 e. The molecule has 0 aliphatic rings. The number of methoxy groups -OCH3 is 1. The van der Waals surface area contributed by atoms with E-state index >= 15 is 0 Å². The van der Waals surface area contributed by atoms with Crippen molar-refractivity contribution in [2.24, 2.45) is 5.92 Å². The normalized spacial score (nSPS) is 12.7. The summed E-state index contributed by atoms with van der Waals surface area (Å²) in [4.78, 5) is 25.7. The first-order chi connectivity index (χ1) is 16.9. The van der Waals surface area contributed by atoms with Crippen LogP contribution in [0.3, 0.4) is 0 Å². The molecule has 5 heteroatoms. The van der Waals surface area contributed by atoms with Gasteiger partial charge >= 0.3 is 11.9 Å². The van der Waals surface area contributed by atoms with Gasteiger partial charge in [0.15, 0.2) is 0 Å². The maximum atomic E-state index is 13.0. The molecule has 0 fully saturated rings. The highest BCUT2D eigenvalue weighted by Gasteiger charge is 2.29. The molecule has 5 nitrogen and oxygen atoms in total. The number of benzene rings is 3. The fraction of sp³-hybridized carbons (Fsp3) is 0.333. The van der Waals surface area contributed by atoms with Gasteiger partial charge in [0, 0.05) is 0 Å². The summed E-state index contributed by atoms with van der Waals surface area (Å²) in [7, 11) is 1.37. The molecule has 35 heavy (non-hydrogen) atoms. The average molecular weight is 474 g/mol. The van der Waals surface area contributed by atoms with Crippen molar-refractivity contribution in [2.75, 3.05) is 7.11 Å². The monoisotopic (exact) mass is 473 g/mol. The van der Waals surface area contributed by atoms with Crippen molar-refractivity contribution in [3.05, 3.63) is 107 Å². The SMILES string of the molecule is COC(=O)C(Cc1cccc(Cc2ccccc2)c1)NC(CC(C)C)C(=O)OCc1ccccc1. The zero-order valence-electron chi connectivity index (χ0n) is 20.8. The van der Waals surface area contributed by atoms with Crippen molar-refractivity contribution in [1.29, 1.82) is 0 Å². The summed E-state index contributed by atoms with van der Waals surface area (Å²) in [6.07, 6.45) is 1.78. The van der Waals surface area contributed by atoms with Crippen LogP contribution in [0.4, 0.5) is 0 Å². The highest BCUT2D eigenvalue weighted by Crippen LogP contribution is 2.15. The zero-order valence-corrected chi connectivity index (χ0v) is 20.8. The molecule has 0 heterocycles. The Morgan fingerprint density at radius 1 is 0.743 bits per heavy atom. The van der Waals surface area contributed by atoms with Gasteiger partial charge in [-0.15, -0.1) is 0 Å². The van der Waals surface area contributed by atoms with Crippen LogP contribution in [0.1, 0.15) is 42.5 Å². The molecule has 0 amide bonds. The van der Waals surface area contributed by atoms with E-state index in [4.69, 9.17) is 9.47 Å². The van der Waals surface area contributed by atoms with Crippen molar-refractivity contribution >= 4 is 11.9 Å². The summed E-state index contributed by atoms with van der Waals surface area (Å²) >= 11 is 0. The first-order valence-electron chi connectivity index (χ1n) is 12.1. The van der Waals surface area contributed by atoms with Crippen LogP contribution in [0.2, 0.25) is 0 Å². The lowest BCUT2D eigenvalue weighted by Crippen LogP contribution is -2.49. The van der Waals surface area contributed by atoms with Gasteiger partial charge in [-0.2, -0.15) is 0 Å². The Bertz CT molecular complexity index is 1070. The summed E-state index contributed by atoms with van der Waals surface area (Å²) in [6, 6.07) is 26.7. The molecule has 2 unspecified atom stereocenters. The molecular weight excluding hydrogens is 438 g/mol. The predicted molar refractivity (Wildman–Crippen MR) is 138 cm³/mol. The molecule has 0 bridgehead atoms. The van der Waals surface area contributed by atoms with Crippen LogP contribution < -0.4 is 5.32 Å². The molecule has 0 saturated carbocycles. The van der Waals surface area contributed by atoms with Crippen LogP contribution in [0, 0.1) is 5.92 Å². The van der Waals surface area contributed by atoms with Crippen LogP contribution in [0.25, 0.3) is 0 Å². The Morgan fingerprint density at radius 2 is 1.34 bits per heavy atom. The fourth-order valence-corrected chi connectivity index (χ4v) is 4.06. The number of nitrogens with one attached hydrogen (secondary N) is 1. The van der Waals surface area contributed by atoms with Gasteiger partial charge in [-0.05, 0) is 47.4 Å². The first kappa shape index (κ1) is 26.2. The molecule has 184 valence electrons. The summed E-state index contributed by atoms with van der Waals surface area (Å²) in [5.41, 5.74) is 4.31. The molecule has 0 saturated heterocycles. The van der Waals surface area contributed by atoms with Gasteiger partial charge in [-0.1, -0.05) is 98.8 Å². The molecule has 0 radical (unpaired) electrons. The van der Waals surface area contributed by atoms with Gasteiger partial charge in [0.25, 0.3) is 0 Å². The van der Waals surface area contributed by atoms with Crippen LogP contribution in [-0.4, -0.2) is 31.1 Å². The van der Waals surface area contributed by atoms with Crippen molar-refractivity contribution in [2.45, 2.75) is 51.8 Å². The third-order valence-corrected chi connectivity index (χ3v) is 5.79. The second-order valence-corrected chi connectivity index (χ2v) is 9.20. The Balaban J connectivity index is 1.71. The molecule has 3 aromatic carbocycles. The third-order valence-electron chi connectivity index (χ3n) is 5.79. The molecule has 2 atom stereocenters. The number of rotatable bonds is 12. The number of carbonyl (C=O) groups is 2. The highest BCUT2D eigenvalue weighted by atomic mass is 16.5. The van der Waals surface area contributed by atoms with E-state index in [-0.39, 0.29) is 18.5 Å². The van der Waals surface area contributed by atoms with E-state index in [0.717, 1.165) is 17.5 Å². The van der Waals surface area contributed by atoms with E-state index in [0.29, 0.717) is 12.8 Å². The minimum atomic E-state index is -0.667. The summed E-state index contributed by atoms with van der Waals surface area (Å²) in [5.74, 6) is -0.526. The van der Waals surface area contributed by atoms with Crippen molar-refractivity contribution in [3.63, 3.8) is 0 Å². The number of ether oxygens (including phenoxy) is 2. The Kier molecular flexibility index (Phi) is 10.1. The first-order valence-corrected chi connectivity index (χ1v) is 12.1.